The highest BCUT2D eigenvalue weighted by atomic mass is 79.9. The van der Waals surface area contributed by atoms with Crippen molar-refractivity contribution in [2.24, 2.45) is 5.92 Å². The van der Waals surface area contributed by atoms with E-state index in [0.29, 0.717) is 28.3 Å². The molecule has 1 rings (SSSR count). The Morgan fingerprint density at radius 3 is 2.78 bits per heavy atom. The largest absolute Gasteiger partial charge is 0.384 e. The van der Waals surface area contributed by atoms with Gasteiger partial charge >= 0.3 is 0 Å². The highest BCUT2D eigenvalue weighted by Gasteiger charge is 2.19. The molecule has 1 heterocycles. The molecular formula is C13H20BrN3O. The van der Waals surface area contributed by atoms with E-state index < -0.39 is 0 Å². The molecule has 0 fully saturated rings. The Bertz CT molecular complexity index is 423. The predicted molar refractivity (Wildman–Crippen MR) is 77.4 cm³/mol. The van der Waals surface area contributed by atoms with Crippen molar-refractivity contribution in [1.82, 2.24) is 9.88 Å². The molecule has 1 atom stereocenters. The maximum Gasteiger partial charge on any atom is 0.255 e. The fraction of sp³-hybridized carbons (Fsp3) is 0.538. The van der Waals surface area contributed by atoms with Gasteiger partial charge in [-0.05, 0) is 34.8 Å². The zero-order valence-electron chi connectivity index (χ0n) is 11.1. The van der Waals surface area contributed by atoms with Crippen LogP contribution in [0, 0.1) is 5.92 Å². The number of carbonyl (C=O) groups excluding carboxylic acids is 1. The van der Waals surface area contributed by atoms with Crippen LogP contribution in [0.1, 0.15) is 37.6 Å². The third-order valence-corrected chi connectivity index (χ3v) is 3.64. The summed E-state index contributed by atoms with van der Waals surface area (Å²) in [6, 6.07) is 1.62. The second-order valence-corrected chi connectivity index (χ2v) is 5.30. The summed E-state index contributed by atoms with van der Waals surface area (Å²) in [5, 5.41) is 0. The van der Waals surface area contributed by atoms with Gasteiger partial charge in [0, 0.05) is 23.8 Å². The van der Waals surface area contributed by atoms with E-state index in [-0.39, 0.29) is 5.91 Å². The van der Waals surface area contributed by atoms with Crippen LogP contribution in [-0.2, 0) is 0 Å². The number of nitrogens with two attached hydrogens (primary N) is 1. The van der Waals surface area contributed by atoms with E-state index in [1.54, 1.807) is 12.3 Å². The zero-order valence-corrected chi connectivity index (χ0v) is 12.7. The zero-order chi connectivity index (χ0) is 13.7. The van der Waals surface area contributed by atoms with Gasteiger partial charge in [-0.3, -0.25) is 4.79 Å². The number of carbonyl (C=O) groups is 1. The summed E-state index contributed by atoms with van der Waals surface area (Å²) in [5.74, 6) is 0.853. The van der Waals surface area contributed by atoms with Crippen LogP contribution in [0.2, 0.25) is 0 Å². The summed E-state index contributed by atoms with van der Waals surface area (Å²) in [6.07, 6.45) is 2.63. The third kappa shape index (κ3) is 3.70. The molecule has 0 saturated heterocycles. The van der Waals surface area contributed by atoms with Gasteiger partial charge in [0.05, 0.1) is 5.56 Å². The molecule has 18 heavy (non-hydrogen) atoms. The van der Waals surface area contributed by atoms with Gasteiger partial charge in [-0.25, -0.2) is 4.98 Å². The molecule has 0 radical (unpaired) electrons. The lowest BCUT2D eigenvalue weighted by atomic mass is 10.1. The van der Waals surface area contributed by atoms with Crippen LogP contribution >= 0.6 is 15.9 Å². The van der Waals surface area contributed by atoms with Gasteiger partial charge in [0.25, 0.3) is 5.91 Å². The van der Waals surface area contributed by atoms with Gasteiger partial charge in [0.15, 0.2) is 0 Å². The van der Waals surface area contributed by atoms with E-state index >= 15 is 0 Å². The first-order chi connectivity index (χ1) is 8.49. The van der Waals surface area contributed by atoms with Crippen LogP contribution in [0.3, 0.4) is 0 Å². The minimum absolute atomic E-state index is 0.00113. The molecular weight excluding hydrogens is 294 g/mol. The lowest BCUT2D eigenvalue weighted by molar-refractivity contribution is 0.0740. The van der Waals surface area contributed by atoms with E-state index in [1.807, 2.05) is 11.8 Å². The number of nitrogens with zero attached hydrogens (tertiary/aromatic N) is 2. The Kier molecular flexibility index (Phi) is 5.59. The summed E-state index contributed by atoms with van der Waals surface area (Å²) in [5.41, 5.74) is 6.21. The number of anilines is 1. The molecule has 100 valence electrons. The van der Waals surface area contributed by atoms with Gasteiger partial charge in [-0.15, -0.1) is 0 Å². The first kappa shape index (κ1) is 15.0. The number of hydrogen-bond acceptors (Lipinski definition) is 3. The molecule has 5 heteroatoms. The molecule has 2 N–H and O–H groups in total. The van der Waals surface area contributed by atoms with Crippen LogP contribution < -0.4 is 5.73 Å². The molecule has 0 aliphatic carbocycles. The number of halogens is 1. The Balaban J connectivity index is 2.92. The van der Waals surface area contributed by atoms with Crippen LogP contribution in [-0.4, -0.2) is 28.9 Å². The normalized spacial score (nSPS) is 12.2. The quantitative estimate of drug-likeness (QED) is 0.909. The highest BCUT2D eigenvalue weighted by Crippen LogP contribution is 2.20. The lowest BCUT2D eigenvalue weighted by Gasteiger charge is -2.24. The van der Waals surface area contributed by atoms with Crippen molar-refractivity contribution < 1.29 is 4.79 Å². The highest BCUT2D eigenvalue weighted by molar-refractivity contribution is 9.10. The number of aromatic nitrogens is 1. The van der Waals surface area contributed by atoms with Crippen LogP contribution in [0.5, 0.6) is 0 Å². The van der Waals surface area contributed by atoms with Crippen LogP contribution in [0.4, 0.5) is 5.82 Å². The average molecular weight is 314 g/mol. The van der Waals surface area contributed by atoms with Crippen molar-refractivity contribution in [3.63, 3.8) is 0 Å². The van der Waals surface area contributed by atoms with Gasteiger partial charge in [-0.2, -0.15) is 0 Å². The van der Waals surface area contributed by atoms with Gasteiger partial charge in [0.1, 0.15) is 5.82 Å². The van der Waals surface area contributed by atoms with Gasteiger partial charge in [0.2, 0.25) is 0 Å². The fourth-order valence-electron chi connectivity index (χ4n) is 1.65. The summed E-state index contributed by atoms with van der Waals surface area (Å²) >= 11 is 3.35. The smallest absolute Gasteiger partial charge is 0.255 e. The van der Waals surface area contributed by atoms with Crippen molar-refractivity contribution in [3.8, 4) is 0 Å². The topological polar surface area (TPSA) is 59.2 Å². The number of pyridine rings is 1. The second-order valence-electron chi connectivity index (χ2n) is 4.45. The minimum atomic E-state index is -0.00113. The molecule has 0 bridgehead atoms. The van der Waals surface area contributed by atoms with E-state index in [9.17, 15) is 4.79 Å². The monoisotopic (exact) mass is 313 g/mol. The van der Waals surface area contributed by atoms with E-state index in [1.165, 1.54) is 0 Å². The molecule has 4 nitrogen and oxygen atoms in total. The second kappa shape index (κ2) is 6.73. The maximum absolute atomic E-state index is 12.4. The molecule has 1 aromatic rings. The van der Waals surface area contributed by atoms with Crippen molar-refractivity contribution in [1.29, 1.82) is 0 Å². The molecule has 0 aliphatic heterocycles. The maximum atomic E-state index is 12.4. The summed E-state index contributed by atoms with van der Waals surface area (Å²) < 4.78 is 0.685. The summed E-state index contributed by atoms with van der Waals surface area (Å²) in [6.45, 7) is 7.71. The van der Waals surface area contributed by atoms with Gasteiger partial charge < -0.3 is 10.6 Å². The molecule has 0 spiro atoms. The number of hydrogen-bond donors (Lipinski definition) is 1. The number of nitrogen functional groups attached to an aromatic ring is 1. The lowest BCUT2D eigenvalue weighted by Crippen LogP contribution is -2.34. The van der Waals surface area contributed by atoms with Crippen molar-refractivity contribution >= 4 is 27.7 Å². The van der Waals surface area contributed by atoms with E-state index in [4.69, 9.17) is 5.73 Å². The SMILES string of the molecule is CCC(C)CN(CC)C(=O)c1cc(N)ncc1Br. The van der Waals surface area contributed by atoms with Gasteiger partial charge in [-0.1, -0.05) is 20.3 Å². The molecule has 1 unspecified atom stereocenters. The Morgan fingerprint density at radius 2 is 2.22 bits per heavy atom. The molecule has 0 aliphatic rings. The van der Waals surface area contributed by atoms with Crippen molar-refractivity contribution in [3.05, 3.63) is 22.3 Å². The molecule has 0 saturated carbocycles. The Labute approximate surface area is 117 Å². The Morgan fingerprint density at radius 1 is 1.56 bits per heavy atom. The first-order valence-corrected chi connectivity index (χ1v) is 6.99. The predicted octanol–water partition coefficient (Wildman–Crippen LogP) is 2.93. The summed E-state index contributed by atoms with van der Waals surface area (Å²) in [7, 11) is 0. The third-order valence-electron chi connectivity index (χ3n) is 3.00. The van der Waals surface area contributed by atoms with Crippen LogP contribution in [0.15, 0.2) is 16.7 Å². The molecule has 0 aromatic carbocycles. The first-order valence-electron chi connectivity index (χ1n) is 6.19. The van der Waals surface area contributed by atoms with E-state index in [2.05, 4.69) is 34.8 Å². The molecule has 1 amide bonds. The van der Waals surface area contributed by atoms with Crippen LogP contribution in [0.25, 0.3) is 0 Å². The molecule has 1 aromatic heterocycles. The number of amides is 1. The minimum Gasteiger partial charge on any atom is -0.384 e. The summed E-state index contributed by atoms with van der Waals surface area (Å²) in [4.78, 5) is 18.2. The van der Waals surface area contributed by atoms with E-state index in [0.717, 1.165) is 13.0 Å². The Hall–Kier alpha value is -1.10. The average Bonchev–Trinajstić information content (AvgIpc) is 2.37. The fourth-order valence-corrected chi connectivity index (χ4v) is 2.04. The number of rotatable bonds is 5. The standard InChI is InChI=1S/C13H20BrN3O/c1-4-9(3)8-17(5-2)13(18)10-6-12(15)16-7-11(10)14/h6-7,9H,4-5,8H2,1-3H3,(H2,15,16). The van der Waals surface area contributed by atoms with Crippen molar-refractivity contribution in [2.45, 2.75) is 27.2 Å². The van der Waals surface area contributed by atoms with Crippen molar-refractivity contribution in [2.75, 3.05) is 18.8 Å².